The fourth-order valence-corrected chi connectivity index (χ4v) is 1.45. The molecule has 0 amide bonds. The molecule has 6 heteroatoms. The first-order valence-electron chi connectivity index (χ1n) is 3.29. The average molecular weight is 236 g/mol. The van der Waals surface area contributed by atoms with Gasteiger partial charge in [-0.25, -0.2) is 0 Å². The molecule has 0 saturated heterocycles. The third-order valence-electron chi connectivity index (χ3n) is 1.36. The highest BCUT2D eigenvalue weighted by atomic mass is 35.5. The fourth-order valence-electron chi connectivity index (χ4n) is 0.813. The molecule has 0 aromatic heterocycles. The predicted octanol–water partition coefficient (Wildman–Crippen LogP) is 4.46. The van der Waals surface area contributed by atoms with Gasteiger partial charge in [0.15, 0.2) is 0 Å². The summed E-state index contributed by atoms with van der Waals surface area (Å²) in [5.41, 5.74) is 8.82. The summed E-state index contributed by atoms with van der Waals surface area (Å²) < 4.78 is 0. The molecule has 1 rings (SSSR count). The molecule has 1 aromatic carbocycles. The second kappa shape index (κ2) is 4.58. The number of hydrogen-bond acceptors (Lipinski definition) is 1. The second-order valence-electron chi connectivity index (χ2n) is 2.26. The zero-order chi connectivity index (χ0) is 9.84. The predicted molar refractivity (Wildman–Crippen MR) is 54.3 cm³/mol. The smallest absolute Gasteiger partial charge is 0.0778 e. The van der Waals surface area contributed by atoms with Crippen LogP contribution < -0.4 is 0 Å². The Hall–Kier alpha value is -0.600. The van der Waals surface area contributed by atoms with Crippen LogP contribution in [0.1, 0.15) is 5.56 Å². The first kappa shape index (κ1) is 10.5. The molecule has 0 aliphatic carbocycles. The van der Waals surface area contributed by atoms with Crippen molar-refractivity contribution in [3.05, 3.63) is 43.2 Å². The molecule has 68 valence electrons. The molecule has 0 aliphatic heterocycles. The molecule has 13 heavy (non-hydrogen) atoms. The summed E-state index contributed by atoms with van der Waals surface area (Å²) in [6.45, 7) is 0.215. The average Bonchev–Trinajstić information content (AvgIpc) is 2.10. The van der Waals surface area contributed by atoms with Crippen molar-refractivity contribution < 1.29 is 0 Å². The summed E-state index contributed by atoms with van der Waals surface area (Å²) in [7, 11) is 0. The van der Waals surface area contributed by atoms with Crippen LogP contribution in [0.5, 0.6) is 0 Å². The number of benzene rings is 1. The monoisotopic (exact) mass is 235 g/mol. The fraction of sp³-hybridized carbons (Fsp3) is 0.143. The van der Waals surface area contributed by atoms with E-state index in [4.69, 9.17) is 40.3 Å². The van der Waals surface area contributed by atoms with Gasteiger partial charge in [-0.15, -0.1) is 0 Å². The summed E-state index contributed by atoms with van der Waals surface area (Å²) in [4.78, 5) is 2.62. The lowest BCUT2D eigenvalue weighted by Gasteiger charge is -2.01. The molecule has 0 atom stereocenters. The SMILES string of the molecule is [N-]=[N+]=NCc1cc(Cl)c(Cl)c(Cl)c1. The molecular formula is C7H4Cl3N3. The van der Waals surface area contributed by atoms with Crippen molar-refractivity contribution in [3.8, 4) is 0 Å². The van der Waals surface area contributed by atoms with Crippen molar-refractivity contribution in [2.45, 2.75) is 6.54 Å². The van der Waals surface area contributed by atoms with E-state index in [0.29, 0.717) is 15.1 Å². The van der Waals surface area contributed by atoms with E-state index in [1.807, 2.05) is 0 Å². The highest BCUT2D eigenvalue weighted by molar-refractivity contribution is 6.48. The van der Waals surface area contributed by atoms with E-state index in [1.165, 1.54) is 0 Å². The van der Waals surface area contributed by atoms with Crippen molar-refractivity contribution >= 4 is 34.8 Å². The van der Waals surface area contributed by atoms with Crippen LogP contribution in [0.3, 0.4) is 0 Å². The Kier molecular flexibility index (Phi) is 3.70. The molecule has 0 spiro atoms. The first-order chi connectivity index (χ1) is 6.15. The standard InChI is InChI=1S/C7H4Cl3N3/c8-5-1-4(3-12-13-11)2-6(9)7(5)10/h1-2H,3H2. The molecule has 0 aliphatic rings. The first-order valence-corrected chi connectivity index (χ1v) is 4.43. The van der Waals surface area contributed by atoms with Crippen molar-refractivity contribution in [2.24, 2.45) is 5.11 Å². The summed E-state index contributed by atoms with van der Waals surface area (Å²) in [6.07, 6.45) is 0. The zero-order valence-electron chi connectivity index (χ0n) is 6.34. The van der Waals surface area contributed by atoms with E-state index in [0.717, 1.165) is 5.56 Å². The third kappa shape index (κ3) is 2.68. The van der Waals surface area contributed by atoms with E-state index >= 15 is 0 Å². The van der Waals surface area contributed by atoms with Gasteiger partial charge in [0.25, 0.3) is 0 Å². The van der Waals surface area contributed by atoms with Crippen molar-refractivity contribution in [1.82, 2.24) is 0 Å². The van der Waals surface area contributed by atoms with Crippen LogP contribution in [0.2, 0.25) is 15.1 Å². The van der Waals surface area contributed by atoms with E-state index in [2.05, 4.69) is 10.0 Å². The lowest BCUT2D eigenvalue weighted by molar-refractivity contribution is 1.05. The molecule has 0 N–H and O–H groups in total. The quantitative estimate of drug-likeness (QED) is 0.315. The summed E-state index contributed by atoms with van der Waals surface area (Å²) in [5.74, 6) is 0. The van der Waals surface area contributed by atoms with Crippen molar-refractivity contribution in [2.75, 3.05) is 0 Å². The molecular weight excluding hydrogens is 232 g/mol. The molecule has 0 bridgehead atoms. The van der Waals surface area contributed by atoms with Gasteiger partial charge in [0.1, 0.15) is 0 Å². The molecule has 0 fully saturated rings. The van der Waals surface area contributed by atoms with Crippen molar-refractivity contribution in [1.29, 1.82) is 0 Å². The highest BCUT2D eigenvalue weighted by Crippen LogP contribution is 2.31. The van der Waals surface area contributed by atoms with Gasteiger partial charge in [-0.2, -0.15) is 0 Å². The molecule has 0 heterocycles. The van der Waals surface area contributed by atoms with Gasteiger partial charge in [-0.3, -0.25) is 0 Å². The zero-order valence-corrected chi connectivity index (χ0v) is 8.61. The minimum absolute atomic E-state index is 0.215. The van der Waals surface area contributed by atoms with E-state index in [-0.39, 0.29) is 6.54 Å². The van der Waals surface area contributed by atoms with Gasteiger partial charge < -0.3 is 0 Å². The van der Waals surface area contributed by atoms with Gasteiger partial charge in [-0.1, -0.05) is 39.9 Å². The Morgan fingerprint density at radius 2 is 1.77 bits per heavy atom. The maximum atomic E-state index is 8.09. The molecule has 3 nitrogen and oxygen atoms in total. The topological polar surface area (TPSA) is 48.8 Å². The lowest BCUT2D eigenvalue weighted by Crippen LogP contribution is -1.82. The Labute approximate surface area is 89.8 Å². The highest BCUT2D eigenvalue weighted by Gasteiger charge is 2.04. The number of azide groups is 1. The summed E-state index contributed by atoms with van der Waals surface area (Å²) in [6, 6.07) is 3.23. The summed E-state index contributed by atoms with van der Waals surface area (Å²) >= 11 is 17.2. The second-order valence-corrected chi connectivity index (χ2v) is 3.45. The van der Waals surface area contributed by atoms with Crippen LogP contribution in [0, 0.1) is 0 Å². The Bertz CT molecular complexity index is 348. The number of rotatable bonds is 2. The van der Waals surface area contributed by atoms with Gasteiger partial charge >= 0.3 is 0 Å². The summed E-state index contributed by atoms with van der Waals surface area (Å²) in [5, 5.41) is 4.40. The van der Waals surface area contributed by atoms with Crippen molar-refractivity contribution in [3.63, 3.8) is 0 Å². The minimum atomic E-state index is 0.215. The minimum Gasteiger partial charge on any atom is -0.0893 e. The Morgan fingerprint density at radius 3 is 2.23 bits per heavy atom. The maximum Gasteiger partial charge on any atom is 0.0778 e. The number of nitrogens with zero attached hydrogens (tertiary/aromatic N) is 3. The van der Waals surface area contributed by atoms with Gasteiger partial charge in [-0.05, 0) is 23.2 Å². The van der Waals surface area contributed by atoms with Gasteiger partial charge in [0.05, 0.1) is 21.6 Å². The van der Waals surface area contributed by atoms with E-state index in [9.17, 15) is 0 Å². The largest absolute Gasteiger partial charge is 0.0893 e. The molecule has 0 radical (unpaired) electrons. The lowest BCUT2D eigenvalue weighted by atomic mass is 10.2. The van der Waals surface area contributed by atoms with Gasteiger partial charge in [0.2, 0.25) is 0 Å². The van der Waals surface area contributed by atoms with E-state index in [1.54, 1.807) is 12.1 Å². The Balaban J connectivity index is 3.05. The third-order valence-corrected chi connectivity index (χ3v) is 2.56. The van der Waals surface area contributed by atoms with Crippen LogP contribution in [0.4, 0.5) is 0 Å². The number of halogens is 3. The number of hydrogen-bond donors (Lipinski definition) is 0. The van der Waals surface area contributed by atoms with E-state index < -0.39 is 0 Å². The maximum absolute atomic E-state index is 8.09. The van der Waals surface area contributed by atoms with Crippen LogP contribution in [0.25, 0.3) is 10.4 Å². The Morgan fingerprint density at radius 1 is 1.23 bits per heavy atom. The normalized spacial score (nSPS) is 9.46. The van der Waals surface area contributed by atoms with Gasteiger partial charge in [0, 0.05) is 4.91 Å². The van der Waals surface area contributed by atoms with Crippen LogP contribution in [-0.4, -0.2) is 0 Å². The van der Waals surface area contributed by atoms with Crippen LogP contribution >= 0.6 is 34.8 Å². The molecule has 0 unspecified atom stereocenters. The van der Waals surface area contributed by atoms with Crippen LogP contribution in [-0.2, 0) is 6.54 Å². The molecule has 0 saturated carbocycles. The molecule has 1 aromatic rings. The van der Waals surface area contributed by atoms with Crippen LogP contribution in [0.15, 0.2) is 17.2 Å².